The molecule has 4 heteroatoms. The number of nitrogens with zero attached hydrogens (tertiary/aromatic N) is 1. The van der Waals surface area contributed by atoms with Crippen molar-refractivity contribution in [2.24, 2.45) is 0 Å². The predicted octanol–water partition coefficient (Wildman–Crippen LogP) is 3.75. The first-order valence-electron chi connectivity index (χ1n) is 5.10. The lowest BCUT2D eigenvalue weighted by Gasteiger charge is -2.19. The summed E-state index contributed by atoms with van der Waals surface area (Å²) in [6, 6.07) is 3.88. The normalized spacial score (nSPS) is 17.4. The van der Waals surface area contributed by atoms with E-state index in [9.17, 15) is 4.79 Å². The summed E-state index contributed by atoms with van der Waals surface area (Å²) < 4.78 is 0.953. The molecule has 2 nitrogen and oxygen atoms in total. The smallest absolute Gasteiger partial charge is 0.223 e. The average molecular weight is 303 g/mol. The Bertz CT molecular complexity index is 470. The molecule has 1 heterocycles. The second-order valence-electron chi connectivity index (χ2n) is 4.77. The molecule has 0 N–H and O–H groups in total. The van der Waals surface area contributed by atoms with Gasteiger partial charge in [-0.1, -0.05) is 41.4 Å². The molecule has 1 aliphatic rings. The molecule has 0 bridgehead atoms. The van der Waals surface area contributed by atoms with Gasteiger partial charge in [-0.25, -0.2) is 0 Å². The van der Waals surface area contributed by atoms with Crippen molar-refractivity contribution in [1.29, 1.82) is 0 Å². The largest absolute Gasteiger partial charge is 0.310 e. The number of carbonyl (C=O) groups is 1. The van der Waals surface area contributed by atoms with E-state index in [0.29, 0.717) is 11.6 Å². The van der Waals surface area contributed by atoms with Crippen LogP contribution in [0, 0.1) is 0 Å². The molecule has 0 atom stereocenters. The number of fused-ring (bicyclic) bond motifs is 1. The minimum Gasteiger partial charge on any atom is -0.310 e. The minimum absolute atomic E-state index is 0.0380. The van der Waals surface area contributed by atoms with Crippen molar-refractivity contribution in [3.63, 3.8) is 0 Å². The topological polar surface area (TPSA) is 20.3 Å². The predicted molar refractivity (Wildman–Crippen MR) is 70.2 cm³/mol. The zero-order valence-corrected chi connectivity index (χ0v) is 11.8. The fourth-order valence-electron chi connectivity index (χ4n) is 2.18. The highest BCUT2D eigenvalue weighted by Gasteiger charge is 2.38. The van der Waals surface area contributed by atoms with Crippen LogP contribution in [0.2, 0.25) is 5.02 Å². The molecular formula is C12H13BrClNO. The van der Waals surface area contributed by atoms with Gasteiger partial charge in [0.25, 0.3) is 0 Å². The Balaban J connectivity index is 2.68. The summed E-state index contributed by atoms with van der Waals surface area (Å²) in [5, 5.41) is 0.630. The van der Waals surface area contributed by atoms with Crippen LogP contribution in [-0.2, 0) is 10.2 Å². The summed E-state index contributed by atoms with van der Waals surface area (Å²) >= 11 is 9.65. The van der Waals surface area contributed by atoms with Crippen LogP contribution in [0.4, 0.5) is 5.69 Å². The fourth-order valence-corrected chi connectivity index (χ4v) is 3.10. The number of hydrogen-bond donors (Lipinski definition) is 0. The molecule has 0 saturated heterocycles. The van der Waals surface area contributed by atoms with Crippen LogP contribution in [0.1, 0.15) is 26.3 Å². The molecule has 86 valence electrons. The first-order valence-corrected chi connectivity index (χ1v) is 6.27. The van der Waals surface area contributed by atoms with Gasteiger partial charge < -0.3 is 4.90 Å². The Morgan fingerprint density at radius 2 is 2.12 bits per heavy atom. The first kappa shape index (κ1) is 11.9. The Labute approximate surface area is 109 Å². The third-order valence-corrected chi connectivity index (χ3v) is 3.71. The molecule has 16 heavy (non-hydrogen) atoms. The van der Waals surface area contributed by atoms with Crippen molar-refractivity contribution in [3.8, 4) is 0 Å². The van der Waals surface area contributed by atoms with Crippen molar-refractivity contribution in [2.75, 3.05) is 11.4 Å². The van der Waals surface area contributed by atoms with Crippen LogP contribution in [-0.4, -0.2) is 12.5 Å². The number of rotatable bonds is 0. The molecule has 0 fully saturated rings. The zero-order chi connectivity index (χ0) is 12.1. The molecule has 1 aromatic rings. The Kier molecular flexibility index (Phi) is 2.79. The summed E-state index contributed by atoms with van der Waals surface area (Å²) in [5.74, 6) is 0.0380. The lowest BCUT2D eigenvalue weighted by atomic mass is 9.87. The van der Waals surface area contributed by atoms with Crippen molar-refractivity contribution in [3.05, 3.63) is 27.2 Å². The second-order valence-corrected chi connectivity index (χ2v) is 6.10. The van der Waals surface area contributed by atoms with Gasteiger partial charge in [0, 0.05) is 23.4 Å². The van der Waals surface area contributed by atoms with Gasteiger partial charge in [-0.05, 0) is 17.7 Å². The van der Waals surface area contributed by atoms with E-state index in [1.54, 1.807) is 11.8 Å². The Morgan fingerprint density at radius 3 is 2.69 bits per heavy atom. The third-order valence-electron chi connectivity index (χ3n) is 2.96. The van der Waals surface area contributed by atoms with Gasteiger partial charge in [0.2, 0.25) is 5.91 Å². The molecule has 1 aliphatic heterocycles. The molecule has 2 rings (SSSR count). The molecule has 1 aromatic carbocycles. The lowest BCUT2D eigenvalue weighted by Crippen LogP contribution is -2.32. The van der Waals surface area contributed by atoms with E-state index >= 15 is 0 Å². The Morgan fingerprint density at radius 1 is 1.50 bits per heavy atom. The van der Waals surface area contributed by atoms with E-state index in [0.717, 1.165) is 15.7 Å². The van der Waals surface area contributed by atoms with E-state index in [4.69, 9.17) is 11.6 Å². The van der Waals surface area contributed by atoms with E-state index in [1.165, 1.54) is 0 Å². The molecular weight excluding hydrogens is 289 g/mol. The summed E-state index contributed by atoms with van der Waals surface area (Å²) in [6.45, 7) is 6.51. The molecule has 0 radical (unpaired) electrons. The van der Waals surface area contributed by atoms with Crippen LogP contribution >= 0.6 is 27.5 Å². The SMILES string of the molecule is CC(=O)N1CC(C)(C)c2cc(Br)cc(Cl)c21. The van der Waals surface area contributed by atoms with Crippen LogP contribution in [0.3, 0.4) is 0 Å². The minimum atomic E-state index is -0.0472. The van der Waals surface area contributed by atoms with Crippen LogP contribution in [0.5, 0.6) is 0 Å². The highest BCUT2D eigenvalue weighted by molar-refractivity contribution is 9.10. The van der Waals surface area contributed by atoms with Gasteiger partial charge in [-0.15, -0.1) is 0 Å². The standard InChI is InChI=1S/C12H13BrClNO/c1-7(16)15-6-12(2,3)9-4-8(13)5-10(14)11(9)15/h4-5H,6H2,1-3H3. The number of amides is 1. The van der Waals surface area contributed by atoms with Crippen LogP contribution in [0.25, 0.3) is 0 Å². The summed E-state index contributed by atoms with van der Waals surface area (Å²) in [5.41, 5.74) is 1.94. The average Bonchev–Trinajstić information content (AvgIpc) is 2.39. The van der Waals surface area contributed by atoms with Crippen molar-refractivity contribution < 1.29 is 4.79 Å². The number of halogens is 2. The monoisotopic (exact) mass is 301 g/mol. The fraction of sp³-hybridized carbons (Fsp3) is 0.417. The summed E-state index contributed by atoms with van der Waals surface area (Å²) in [6.07, 6.45) is 0. The summed E-state index contributed by atoms with van der Waals surface area (Å²) in [7, 11) is 0. The van der Waals surface area contributed by atoms with E-state index in [2.05, 4.69) is 29.8 Å². The van der Waals surface area contributed by atoms with Crippen molar-refractivity contribution in [2.45, 2.75) is 26.2 Å². The highest BCUT2D eigenvalue weighted by atomic mass is 79.9. The lowest BCUT2D eigenvalue weighted by molar-refractivity contribution is -0.116. The zero-order valence-electron chi connectivity index (χ0n) is 9.47. The molecule has 0 spiro atoms. The van der Waals surface area contributed by atoms with Gasteiger partial charge >= 0.3 is 0 Å². The maximum absolute atomic E-state index is 11.6. The third kappa shape index (κ3) is 1.76. The van der Waals surface area contributed by atoms with Crippen molar-refractivity contribution >= 4 is 39.1 Å². The van der Waals surface area contributed by atoms with E-state index in [-0.39, 0.29) is 11.3 Å². The first-order chi connectivity index (χ1) is 7.33. The van der Waals surface area contributed by atoms with Crippen LogP contribution < -0.4 is 4.90 Å². The number of hydrogen-bond acceptors (Lipinski definition) is 1. The summed E-state index contributed by atoms with van der Waals surface area (Å²) in [4.78, 5) is 13.3. The maximum atomic E-state index is 11.6. The Hall–Kier alpha value is -0.540. The van der Waals surface area contributed by atoms with Gasteiger partial charge in [0.15, 0.2) is 0 Å². The molecule has 0 aliphatic carbocycles. The van der Waals surface area contributed by atoms with Gasteiger partial charge in [-0.2, -0.15) is 0 Å². The number of carbonyl (C=O) groups excluding carboxylic acids is 1. The second kappa shape index (κ2) is 3.74. The van der Waals surface area contributed by atoms with Crippen molar-refractivity contribution in [1.82, 2.24) is 0 Å². The molecule has 0 aromatic heterocycles. The van der Waals surface area contributed by atoms with Crippen LogP contribution in [0.15, 0.2) is 16.6 Å². The highest BCUT2D eigenvalue weighted by Crippen LogP contribution is 2.45. The van der Waals surface area contributed by atoms with Gasteiger partial charge in [0.1, 0.15) is 0 Å². The quantitative estimate of drug-likeness (QED) is 0.715. The van der Waals surface area contributed by atoms with Gasteiger partial charge in [0.05, 0.1) is 10.7 Å². The molecule has 1 amide bonds. The van der Waals surface area contributed by atoms with E-state index < -0.39 is 0 Å². The number of anilines is 1. The maximum Gasteiger partial charge on any atom is 0.223 e. The molecule has 0 unspecified atom stereocenters. The van der Waals surface area contributed by atoms with E-state index in [1.807, 2.05) is 12.1 Å². The number of benzene rings is 1. The van der Waals surface area contributed by atoms with Gasteiger partial charge in [-0.3, -0.25) is 4.79 Å². The molecule has 0 saturated carbocycles.